The van der Waals surface area contributed by atoms with Crippen LogP contribution in [0.25, 0.3) is 0 Å². The van der Waals surface area contributed by atoms with Crippen LogP contribution < -0.4 is 15.4 Å². The molecule has 1 aromatic carbocycles. The fourth-order valence-electron chi connectivity index (χ4n) is 3.42. The van der Waals surface area contributed by atoms with Crippen LogP contribution >= 0.6 is 22.9 Å². The largest absolute Gasteiger partial charge is 0.414 e. The van der Waals surface area contributed by atoms with Crippen LogP contribution in [0.3, 0.4) is 0 Å². The molecule has 2 N–H and O–H groups in total. The summed E-state index contributed by atoms with van der Waals surface area (Å²) in [5.74, 6) is -0.337. The molecule has 0 saturated heterocycles. The van der Waals surface area contributed by atoms with Crippen LogP contribution in [0.2, 0.25) is 4.34 Å². The van der Waals surface area contributed by atoms with Crippen LogP contribution in [-0.2, 0) is 22.4 Å². The van der Waals surface area contributed by atoms with Crippen molar-refractivity contribution in [3.8, 4) is 5.06 Å². The third-order valence-corrected chi connectivity index (χ3v) is 6.53. The predicted octanol–water partition coefficient (Wildman–Crippen LogP) is 3.95. The van der Waals surface area contributed by atoms with Gasteiger partial charge in [-0.25, -0.2) is 4.79 Å². The van der Waals surface area contributed by atoms with Gasteiger partial charge in [0.1, 0.15) is 5.54 Å². The molecule has 1 aromatic heterocycles. The number of methoxy groups -OCH3 is 1. The summed E-state index contributed by atoms with van der Waals surface area (Å²) < 4.78 is 10.9. The van der Waals surface area contributed by atoms with Gasteiger partial charge < -0.3 is 25.0 Å². The number of anilines is 1. The molecule has 7 nitrogen and oxygen atoms in total. The number of ether oxygens (including phenoxy) is 2. The maximum Gasteiger partial charge on any atom is 0.414 e. The van der Waals surface area contributed by atoms with Gasteiger partial charge in [-0.3, -0.25) is 4.79 Å². The summed E-state index contributed by atoms with van der Waals surface area (Å²) in [6, 6.07) is 9.24. The minimum absolute atomic E-state index is 0.283. The number of likely N-dealkylation sites (N-methyl/N-ethyl adjacent to an activating group) is 1. The lowest BCUT2D eigenvalue weighted by Gasteiger charge is -2.29. The number of amides is 2. The second kappa shape index (κ2) is 10.5. The average molecular weight is 466 g/mol. The highest BCUT2D eigenvalue weighted by Crippen LogP contribution is 2.28. The first-order valence-corrected chi connectivity index (χ1v) is 11.3. The number of nitrogens with zero attached hydrogens (tertiary/aromatic N) is 1. The van der Waals surface area contributed by atoms with E-state index >= 15 is 0 Å². The number of benzene rings is 1. The van der Waals surface area contributed by atoms with Crippen LogP contribution in [0, 0.1) is 0 Å². The van der Waals surface area contributed by atoms with E-state index in [2.05, 4.69) is 28.6 Å². The first-order chi connectivity index (χ1) is 14.8. The monoisotopic (exact) mass is 465 g/mol. The molecule has 0 aliphatic carbocycles. The molecule has 0 fully saturated rings. The smallest absolute Gasteiger partial charge is 0.399 e. The lowest BCUT2D eigenvalue weighted by atomic mass is 9.96. The number of fused-ring (bicyclic) bond motifs is 1. The number of carbonyl (C=O) groups is 2. The van der Waals surface area contributed by atoms with Gasteiger partial charge in [0.25, 0.3) is 0 Å². The molecule has 3 rings (SSSR count). The van der Waals surface area contributed by atoms with E-state index in [-0.39, 0.29) is 12.3 Å². The summed E-state index contributed by atoms with van der Waals surface area (Å²) in [4.78, 5) is 27.9. The van der Waals surface area contributed by atoms with Gasteiger partial charge in [-0.1, -0.05) is 29.0 Å². The molecule has 1 unspecified atom stereocenters. The Morgan fingerprint density at radius 1 is 1.19 bits per heavy atom. The Labute approximate surface area is 191 Å². The zero-order valence-electron chi connectivity index (χ0n) is 18.0. The number of nitrogens with one attached hydrogen (secondary N) is 2. The Morgan fingerprint density at radius 3 is 2.61 bits per heavy atom. The fraction of sp³-hybridized carbons (Fsp3) is 0.455. The minimum atomic E-state index is -1.22. The van der Waals surface area contributed by atoms with Crippen molar-refractivity contribution >= 4 is 40.6 Å². The SMILES string of the molecule is COCCC(C)(NC(=O)Oc1ccc(Cl)s1)C(=O)Nc1ccc2c(c1)CCN(C)CC2. The fourth-order valence-corrected chi connectivity index (χ4v) is 4.29. The van der Waals surface area contributed by atoms with Crippen LogP contribution in [0.4, 0.5) is 10.5 Å². The molecule has 31 heavy (non-hydrogen) atoms. The van der Waals surface area contributed by atoms with Gasteiger partial charge in [0, 0.05) is 38.9 Å². The van der Waals surface area contributed by atoms with E-state index in [0.29, 0.717) is 21.7 Å². The third kappa shape index (κ3) is 6.43. The molecular weight excluding hydrogens is 438 g/mol. The maximum absolute atomic E-state index is 13.2. The molecule has 0 radical (unpaired) electrons. The average Bonchev–Trinajstić information content (AvgIpc) is 3.04. The van der Waals surface area contributed by atoms with E-state index in [0.717, 1.165) is 37.3 Å². The Morgan fingerprint density at radius 2 is 1.94 bits per heavy atom. The summed E-state index contributed by atoms with van der Waals surface area (Å²) in [6.45, 7) is 3.96. The molecular formula is C22H28ClN3O4S. The second-order valence-corrected chi connectivity index (χ2v) is 9.57. The van der Waals surface area contributed by atoms with Crippen LogP contribution in [-0.4, -0.2) is 56.3 Å². The molecule has 9 heteroatoms. The second-order valence-electron chi connectivity index (χ2n) is 7.89. The van der Waals surface area contributed by atoms with Crippen molar-refractivity contribution in [1.82, 2.24) is 10.2 Å². The van der Waals surface area contributed by atoms with Gasteiger partial charge in [0.2, 0.25) is 5.91 Å². The van der Waals surface area contributed by atoms with E-state index in [4.69, 9.17) is 21.1 Å². The zero-order chi connectivity index (χ0) is 22.4. The first kappa shape index (κ1) is 23.5. The van der Waals surface area contributed by atoms with Crippen molar-refractivity contribution in [3.05, 3.63) is 45.8 Å². The Hall–Kier alpha value is -2.13. The molecule has 0 spiro atoms. The highest BCUT2D eigenvalue weighted by atomic mass is 35.5. The van der Waals surface area contributed by atoms with E-state index in [1.54, 1.807) is 26.2 Å². The number of halogens is 1. The van der Waals surface area contributed by atoms with Gasteiger partial charge in [0.05, 0.1) is 4.34 Å². The number of hydrogen-bond donors (Lipinski definition) is 2. The van der Waals surface area contributed by atoms with Crippen LogP contribution in [0.5, 0.6) is 5.06 Å². The summed E-state index contributed by atoms with van der Waals surface area (Å²) in [5, 5.41) is 5.99. The van der Waals surface area contributed by atoms with E-state index in [1.807, 2.05) is 12.1 Å². The van der Waals surface area contributed by atoms with Crippen molar-refractivity contribution in [3.63, 3.8) is 0 Å². The van der Waals surface area contributed by atoms with Crippen molar-refractivity contribution in [2.75, 3.05) is 39.2 Å². The van der Waals surface area contributed by atoms with Crippen molar-refractivity contribution in [1.29, 1.82) is 0 Å². The van der Waals surface area contributed by atoms with E-state index < -0.39 is 11.6 Å². The molecule has 0 bridgehead atoms. The van der Waals surface area contributed by atoms with Crippen molar-refractivity contribution in [2.45, 2.75) is 31.7 Å². The highest BCUT2D eigenvalue weighted by molar-refractivity contribution is 7.17. The van der Waals surface area contributed by atoms with Crippen LogP contribution in [0.15, 0.2) is 30.3 Å². The van der Waals surface area contributed by atoms with Crippen LogP contribution in [0.1, 0.15) is 24.5 Å². The number of rotatable bonds is 7. The van der Waals surface area contributed by atoms with Crippen molar-refractivity contribution in [2.24, 2.45) is 0 Å². The topological polar surface area (TPSA) is 79.9 Å². The Kier molecular flexibility index (Phi) is 7.94. The molecule has 2 amide bonds. The highest BCUT2D eigenvalue weighted by Gasteiger charge is 2.35. The predicted molar refractivity (Wildman–Crippen MR) is 123 cm³/mol. The molecule has 1 aliphatic rings. The van der Waals surface area contributed by atoms with Crippen molar-refractivity contribution < 1.29 is 19.1 Å². The molecule has 2 heterocycles. The molecule has 2 aromatic rings. The summed E-state index contributed by atoms with van der Waals surface area (Å²) in [6.07, 6.45) is 1.49. The molecule has 1 aliphatic heterocycles. The lowest BCUT2D eigenvalue weighted by Crippen LogP contribution is -2.56. The first-order valence-electron chi connectivity index (χ1n) is 10.1. The Balaban J connectivity index is 1.70. The third-order valence-electron chi connectivity index (χ3n) is 5.42. The van der Waals surface area contributed by atoms with E-state index in [1.165, 1.54) is 11.1 Å². The zero-order valence-corrected chi connectivity index (χ0v) is 19.6. The number of thiophene rings is 1. The van der Waals surface area contributed by atoms with Gasteiger partial charge in [-0.15, -0.1) is 0 Å². The lowest BCUT2D eigenvalue weighted by molar-refractivity contribution is -0.122. The summed E-state index contributed by atoms with van der Waals surface area (Å²) in [5.41, 5.74) is 2.03. The summed E-state index contributed by atoms with van der Waals surface area (Å²) in [7, 11) is 3.67. The number of hydrogen-bond acceptors (Lipinski definition) is 6. The molecule has 168 valence electrons. The maximum atomic E-state index is 13.2. The Bertz CT molecular complexity index is 935. The van der Waals surface area contributed by atoms with Gasteiger partial charge in [-0.05, 0) is 62.2 Å². The summed E-state index contributed by atoms with van der Waals surface area (Å²) >= 11 is 7.02. The van der Waals surface area contributed by atoms with Gasteiger partial charge >= 0.3 is 6.09 Å². The quantitative estimate of drug-likeness (QED) is 0.647. The van der Waals surface area contributed by atoms with Gasteiger partial charge in [0.15, 0.2) is 5.06 Å². The van der Waals surface area contributed by atoms with Gasteiger partial charge in [-0.2, -0.15) is 0 Å². The molecule has 1 atom stereocenters. The normalized spacial score (nSPS) is 16.0. The standard InChI is InChI=1S/C22H28ClN3O4S/c1-22(10-13-29-3,25-21(28)30-19-7-6-18(23)31-19)20(27)24-17-5-4-15-8-11-26(2)12-9-16(15)14-17/h4-7,14H,8-13H2,1-3H3,(H,24,27)(H,25,28). The van der Waals surface area contributed by atoms with E-state index in [9.17, 15) is 9.59 Å². The minimum Gasteiger partial charge on any atom is -0.399 e. The molecule has 0 saturated carbocycles. The number of carbonyl (C=O) groups excluding carboxylic acids is 2.